The van der Waals surface area contributed by atoms with Gasteiger partial charge in [0.2, 0.25) is 0 Å². The average molecular weight is 297 g/mol. The zero-order valence-corrected chi connectivity index (χ0v) is 9.65. The van der Waals surface area contributed by atoms with Crippen LogP contribution in [-0.4, -0.2) is 18.6 Å². The third kappa shape index (κ3) is 12.0. The van der Waals surface area contributed by atoms with Crippen LogP contribution in [0.4, 0.5) is 0 Å². The summed E-state index contributed by atoms with van der Waals surface area (Å²) in [4.78, 5) is 0. The van der Waals surface area contributed by atoms with Gasteiger partial charge in [0.15, 0.2) is 0 Å². The van der Waals surface area contributed by atoms with Gasteiger partial charge in [-0.25, -0.2) is 0 Å². The van der Waals surface area contributed by atoms with Crippen molar-refractivity contribution < 1.29 is 22.4 Å². The standard InChI is InChI=1S/C6H16N2.Ta/c1-6(2,3)8-5-4-7;/h8H,4-5,7H2,1-3H3;. The molecule has 0 atom stereocenters. The van der Waals surface area contributed by atoms with E-state index in [9.17, 15) is 0 Å². The summed E-state index contributed by atoms with van der Waals surface area (Å²) >= 11 is 0. The molecule has 0 fully saturated rings. The van der Waals surface area contributed by atoms with Gasteiger partial charge >= 0.3 is 0 Å². The number of rotatable bonds is 2. The topological polar surface area (TPSA) is 38.0 Å². The van der Waals surface area contributed by atoms with Crippen molar-refractivity contribution in [2.45, 2.75) is 26.3 Å². The summed E-state index contributed by atoms with van der Waals surface area (Å²) in [6, 6.07) is 0. The number of nitrogens with two attached hydrogens (primary N) is 1. The molecule has 0 aliphatic heterocycles. The molecular formula is C6H16N2Ta. The fraction of sp³-hybridized carbons (Fsp3) is 1.00. The maximum absolute atomic E-state index is 5.27. The molecule has 0 aromatic heterocycles. The molecule has 0 aromatic rings. The first-order valence-electron chi connectivity index (χ1n) is 3.01. The molecule has 0 heterocycles. The Bertz CT molecular complexity index is 58.6. The Kier molecular flexibility index (Phi) is 7.47. The molecule has 0 spiro atoms. The molecule has 1 radical (unpaired) electrons. The fourth-order valence-electron chi connectivity index (χ4n) is 0.447. The van der Waals surface area contributed by atoms with E-state index in [1.807, 2.05) is 0 Å². The van der Waals surface area contributed by atoms with Crippen LogP contribution in [0.1, 0.15) is 20.8 Å². The molecule has 55 valence electrons. The smallest absolute Gasteiger partial charge is 0.00970 e. The van der Waals surface area contributed by atoms with Crippen LogP contribution in [-0.2, 0) is 22.4 Å². The van der Waals surface area contributed by atoms with E-state index in [-0.39, 0.29) is 27.9 Å². The van der Waals surface area contributed by atoms with Gasteiger partial charge in [0, 0.05) is 41.0 Å². The van der Waals surface area contributed by atoms with Gasteiger partial charge in [-0.15, -0.1) is 0 Å². The van der Waals surface area contributed by atoms with Gasteiger partial charge in [-0.1, -0.05) is 0 Å². The van der Waals surface area contributed by atoms with Crippen LogP contribution in [0.5, 0.6) is 0 Å². The van der Waals surface area contributed by atoms with Gasteiger partial charge < -0.3 is 11.1 Å². The summed E-state index contributed by atoms with van der Waals surface area (Å²) in [5.41, 5.74) is 5.49. The fourth-order valence-corrected chi connectivity index (χ4v) is 0.447. The van der Waals surface area contributed by atoms with Gasteiger partial charge in [0.25, 0.3) is 0 Å². The van der Waals surface area contributed by atoms with Gasteiger partial charge in [-0.3, -0.25) is 0 Å². The zero-order valence-electron chi connectivity index (χ0n) is 6.44. The second-order valence-corrected chi connectivity index (χ2v) is 2.97. The van der Waals surface area contributed by atoms with Crippen molar-refractivity contribution in [3.63, 3.8) is 0 Å². The third-order valence-electron chi connectivity index (χ3n) is 0.800. The maximum Gasteiger partial charge on any atom is 0.00970 e. The number of hydrogen-bond donors (Lipinski definition) is 2. The van der Waals surface area contributed by atoms with Crippen molar-refractivity contribution in [2.24, 2.45) is 5.73 Å². The molecular weight excluding hydrogens is 281 g/mol. The molecule has 0 aliphatic carbocycles. The molecule has 0 aromatic carbocycles. The Morgan fingerprint density at radius 3 is 1.89 bits per heavy atom. The molecule has 2 nitrogen and oxygen atoms in total. The van der Waals surface area contributed by atoms with Gasteiger partial charge in [0.05, 0.1) is 0 Å². The summed E-state index contributed by atoms with van der Waals surface area (Å²) in [6.45, 7) is 8.01. The van der Waals surface area contributed by atoms with Crippen LogP contribution in [0.15, 0.2) is 0 Å². The second-order valence-electron chi connectivity index (χ2n) is 2.97. The SMILES string of the molecule is CC(C)(C)NCCN.[Ta]. The predicted octanol–water partition coefficient (Wildman–Crippen LogP) is 0.331. The summed E-state index contributed by atoms with van der Waals surface area (Å²) in [5.74, 6) is 0. The third-order valence-corrected chi connectivity index (χ3v) is 0.800. The molecule has 0 saturated heterocycles. The van der Waals surface area contributed by atoms with Crippen molar-refractivity contribution in [3.05, 3.63) is 0 Å². The Morgan fingerprint density at radius 1 is 1.33 bits per heavy atom. The molecule has 0 bridgehead atoms. The van der Waals surface area contributed by atoms with E-state index in [2.05, 4.69) is 26.1 Å². The van der Waals surface area contributed by atoms with Crippen LogP contribution in [0.2, 0.25) is 0 Å². The number of nitrogens with one attached hydrogen (secondary N) is 1. The van der Waals surface area contributed by atoms with Crippen LogP contribution in [0.25, 0.3) is 0 Å². The first-order chi connectivity index (χ1) is 3.56. The van der Waals surface area contributed by atoms with E-state index in [0.717, 1.165) is 13.1 Å². The normalized spacial score (nSPS) is 10.7. The Balaban J connectivity index is 0. The summed E-state index contributed by atoms with van der Waals surface area (Å²) in [5, 5.41) is 3.25. The molecule has 0 amide bonds. The van der Waals surface area contributed by atoms with Crippen LogP contribution >= 0.6 is 0 Å². The average Bonchev–Trinajstić information content (AvgIpc) is 1.59. The number of hydrogen-bond acceptors (Lipinski definition) is 2. The quantitative estimate of drug-likeness (QED) is 0.771. The molecule has 0 unspecified atom stereocenters. The minimum absolute atomic E-state index is 0. The van der Waals surface area contributed by atoms with E-state index in [1.54, 1.807) is 0 Å². The van der Waals surface area contributed by atoms with Crippen molar-refractivity contribution in [1.82, 2.24) is 5.32 Å². The van der Waals surface area contributed by atoms with Crippen molar-refractivity contribution in [1.29, 1.82) is 0 Å². The zero-order chi connectivity index (χ0) is 6.62. The summed E-state index contributed by atoms with van der Waals surface area (Å²) in [7, 11) is 0. The van der Waals surface area contributed by atoms with E-state index >= 15 is 0 Å². The van der Waals surface area contributed by atoms with Gasteiger partial charge in [0.1, 0.15) is 0 Å². The molecule has 0 aliphatic rings. The molecule has 0 rings (SSSR count). The van der Waals surface area contributed by atoms with Gasteiger partial charge in [-0.2, -0.15) is 0 Å². The first kappa shape index (κ1) is 12.3. The molecule has 9 heavy (non-hydrogen) atoms. The second kappa shape index (κ2) is 5.45. The predicted molar refractivity (Wildman–Crippen MR) is 36.8 cm³/mol. The van der Waals surface area contributed by atoms with Crippen molar-refractivity contribution >= 4 is 0 Å². The van der Waals surface area contributed by atoms with Gasteiger partial charge in [-0.05, 0) is 20.8 Å². The van der Waals surface area contributed by atoms with Crippen LogP contribution < -0.4 is 11.1 Å². The molecule has 0 saturated carbocycles. The first-order valence-corrected chi connectivity index (χ1v) is 3.01. The van der Waals surface area contributed by atoms with Crippen LogP contribution in [0.3, 0.4) is 0 Å². The van der Waals surface area contributed by atoms with E-state index < -0.39 is 0 Å². The summed E-state index contributed by atoms with van der Waals surface area (Å²) < 4.78 is 0. The minimum Gasteiger partial charge on any atom is -0.329 e. The van der Waals surface area contributed by atoms with Crippen LogP contribution in [0, 0.1) is 0 Å². The Labute approximate surface area is 73.1 Å². The van der Waals surface area contributed by atoms with Crippen molar-refractivity contribution in [3.8, 4) is 0 Å². The largest absolute Gasteiger partial charge is 0.329 e. The van der Waals surface area contributed by atoms with E-state index in [1.165, 1.54) is 0 Å². The summed E-state index contributed by atoms with van der Waals surface area (Å²) in [6.07, 6.45) is 0. The molecule has 3 N–H and O–H groups in total. The van der Waals surface area contributed by atoms with E-state index in [4.69, 9.17) is 5.73 Å². The monoisotopic (exact) mass is 297 g/mol. The maximum atomic E-state index is 5.27. The Hall–Kier alpha value is 0.660. The minimum atomic E-state index is 0. The van der Waals surface area contributed by atoms with Crippen molar-refractivity contribution in [2.75, 3.05) is 13.1 Å². The molecule has 3 heteroatoms. The van der Waals surface area contributed by atoms with E-state index in [0.29, 0.717) is 0 Å². The Morgan fingerprint density at radius 2 is 1.78 bits per heavy atom.